The highest BCUT2D eigenvalue weighted by Gasteiger charge is 2.18. The molecular weight excluding hydrogens is 354 g/mol. The zero-order valence-electron chi connectivity index (χ0n) is 13.2. The summed E-state index contributed by atoms with van der Waals surface area (Å²) in [5.74, 6) is -0.242. The molecule has 128 valence electrons. The lowest BCUT2D eigenvalue weighted by atomic mass is 10.1. The molecule has 2 aromatic carbocycles. The fourth-order valence-corrected chi connectivity index (χ4v) is 3.06. The predicted molar refractivity (Wildman–Crippen MR) is 97.5 cm³/mol. The van der Waals surface area contributed by atoms with Gasteiger partial charge in [-0.3, -0.25) is 14.9 Å². The number of rotatable bonds is 5. The van der Waals surface area contributed by atoms with Crippen LogP contribution in [0.3, 0.4) is 0 Å². The third-order valence-electron chi connectivity index (χ3n) is 3.44. The van der Waals surface area contributed by atoms with Gasteiger partial charge in [0.15, 0.2) is 5.13 Å². The van der Waals surface area contributed by atoms with Crippen LogP contribution in [0.5, 0.6) is 0 Å². The van der Waals surface area contributed by atoms with Gasteiger partial charge >= 0.3 is 0 Å². The zero-order chi connectivity index (χ0) is 18.7. The lowest BCUT2D eigenvalue weighted by Gasteiger charge is -2.01. The summed E-state index contributed by atoms with van der Waals surface area (Å²) in [7, 11) is 0. The first-order valence-corrected chi connectivity index (χ1v) is 8.12. The summed E-state index contributed by atoms with van der Waals surface area (Å²) in [5, 5.41) is 22.9. The van der Waals surface area contributed by atoms with Gasteiger partial charge in [0.1, 0.15) is 10.7 Å². The number of nitro benzene ring substituents is 1. The van der Waals surface area contributed by atoms with E-state index in [1.54, 1.807) is 36.4 Å². The third kappa shape index (κ3) is 3.50. The van der Waals surface area contributed by atoms with Crippen LogP contribution < -0.4 is 11.1 Å². The normalized spacial score (nSPS) is 10.1. The van der Waals surface area contributed by atoms with Gasteiger partial charge in [-0.25, -0.2) is 4.98 Å². The van der Waals surface area contributed by atoms with E-state index in [0.717, 1.165) is 11.3 Å². The number of nitrogens with one attached hydrogen (secondary N) is 1. The molecule has 0 unspecified atom stereocenters. The highest BCUT2D eigenvalue weighted by molar-refractivity contribution is 7.18. The second kappa shape index (κ2) is 7.00. The van der Waals surface area contributed by atoms with Crippen molar-refractivity contribution in [1.29, 1.82) is 5.26 Å². The first kappa shape index (κ1) is 17.1. The molecule has 3 rings (SSSR count). The number of anilines is 3. The number of carbonyl (C=O) groups is 1. The summed E-state index contributed by atoms with van der Waals surface area (Å²) in [6, 6.07) is 14.1. The first-order valence-electron chi connectivity index (χ1n) is 7.30. The minimum Gasteiger partial charge on any atom is -0.382 e. The third-order valence-corrected chi connectivity index (χ3v) is 4.43. The van der Waals surface area contributed by atoms with Crippen molar-refractivity contribution in [3.63, 3.8) is 0 Å². The van der Waals surface area contributed by atoms with E-state index in [4.69, 9.17) is 11.0 Å². The number of nitrogens with zero attached hydrogens (tertiary/aromatic N) is 3. The quantitative estimate of drug-likeness (QED) is 0.401. The summed E-state index contributed by atoms with van der Waals surface area (Å²) in [6.45, 7) is 0. The number of benzene rings is 2. The topological polar surface area (TPSA) is 135 Å². The van der Waals surface area contributed by atoms with Crippen molar-refractivity contribution in [2.24, 2.45) is 0 Å². The van der Waals surface area contributed by atoms with Crippen LogP contribution in [0.1, 0.15) is 20.8 Å². The van der Waals surface area contributed by atoms with E-state index < -0.39 is 4.92 Å². The van der Waals surface area contributed by atoms with Crippen LogP contribution in [-0.2, 0) is 0 Å². The molecule has 0 spiro atoms. The van der Waals surface area contributed by atoms with Crippen LogP contribution >= 0.6 is 11.3 Å². The number of nitrogen functional groups attached to an aromatic ring is 1. The Kier molecular flexibility index (Phi) is 4.59. The van der Waals surface area contributed by atoms with Crippen LogP contribution in [0, 0.1) is 21.4 Å². The summed E-state index contributed by atoms with van der Waals surface area (Å²) in [6.07, 6.45) is 0. The monoisotopic (exact) mass is 365 g/mol. The average Bonchev–Trinajstić information content (AvgIpc) is 3.01. The van der Waals surface area contributed by atoms with Gasteiger partial charge < -0.3 is 11.1 Å². The lowest BCUT2D eigenvalue weighted by Crippen LogP contribution is -2.02. The highest BCUT2D eigenvalue weighted by Crippen LogP contribution is 2.30. The van der Waals surface area contributed by atoms with E-state index in [-0.39, 0.29) is 22.2 Å². The number of thiazole rings is 1. The van der Waals surface area contributed by atoms with Crippen molar-refractivity contribution < 1.29 is 9.72 Å². The highest BCUT2D eigenvalue weighted by atomic mass is 32.1. The fraction of sp³-hybridized carbons (Fsp3) is 0. The fourth-order valence-electron chi connectivity index (χ4n) is 2.20. The molecule has 26 heavy (non-hydrogen) atoms. The van der Waals surface area contributed by atoms with E-state index >= 15 is 0 Å². The molecule has 0 aliphatic rings. The van der Waals surface area contributed by atoms with Gasteiger partial charge in [-0.2, -0.15) is 5.26 Å². The molecule has 0 aliphatic carbocycles. The minimum absolute atomic E-state index is 0.0617. The van der Waals surface area contributed by atoms with E-state index in [1.165, 1.54) is 12.1 Å². The Hall–Kier alpha value is -3.77. The molecule has 0 saturated heterocycles. The summed E-state index contributed by atoms with van der Waals surface area (Å²) in [5.41, 5.74) is 7.09. The smallest absolute Gasteiger partial charge is 0.271 e. The molecule has 0 bridgehead atoms. The van der Waals surface area contributed by atoms with E-state index in [2.05, 4.69) is 10.3 Å². The molecule has 1 heterocycles. The van der Waals surface area contributed by atoms with Gasteiger partial charge in [0.25, 0.3) is 5.69 Å². The maximum atomic E-state index is 12.6. The van der Waals surface area contributed by atoms with E-state index in [0.29, 0.717) is 21.9 Å². The van der Waals surface area contributed by atoms with Crippen molar-refractivity contribution in [2.75, 3.05) is 11.1 Å². The number of nitriles is 1. The van der Waals surface area contributed by atoms with Crippen LogP contribution in [0.2, 0.25) is 0 Å². The standard InChI is InChI=1S/C17H11N5O3S/c18-9-10-4-6-11(7-5-10)14(23)15-16(19)21-17(26-15)20-12-2-1-3-13(8-12)22(24)25/h1-8H,19H2,(H,20,21). The Morgan fingerprint density at radius 3 is 2.65 bits per heavy atom. The van der Waals surface area contributed by atoms with Crippen molar-refractivity contribution in [3.8, 4) is 6.07 Å². The molecule has 0 aliphatic heterocycles. The zero-order valence-corrected chi connectivity index (χ0v) is 14.0. The second-order valence-corrected chi connectivity index (χ2v) is 6.18. The minimum atomic E-state index is -0.499. The molecule has 3 N–H and O–H groups in total. The molecule has 0 amide bonds. The molecule has 3 aromatic rings. The number of hydrogen-bond acceptors (Lipinski definition) is 8. The van der Waals surface area contributed by atoms with Crippen molar-refractivity contribution in [3.05, 3.63) is 74.6 Å². The Morgan fingerprint density at radius 2 is 2.00 bits per heavy atom. The summed E-state index contributed by atoms with van der Waals surface area (Å²) < 4.78 is 0. The first-order chi connectivity index (χ1) is 12.5. The number of nitro groups is 1. The molecule has 0 atom stereocenters. The Labute approximate surface area is 151 Å². The SMILES string of the molecule is N#Cc1ccc(C(=O)c2sc(Nc3cccc([N+](=O)[O-])c3)nc2N)cc1. The second-order valence-electron chi connectivity index (χ2n) is 5.18. The molecular formula is C17H11N5O3S. The van der Waals surface area contributed by atoms with Gasteiger partial charge in [-0.15, -0.1) is 0 Å². The maximum absolute atomic E-state index is 12.6. The number of carbonyl (C=O) groups excluding carboxylic acids is 1. The summed E-state index contributed by atoms with van der Waals surface area (Å²) >= 11 is 1.05. The molecule has 0 fully saturated rings. The molecule has 0 radical (unpaired) electrons. The predicted octanol–water partition coefficient (Wildman–Crippen LogP) is 3.48. The number of non-ortho nitro benzene ring substituents is 1. The molecule has 0 saturated carbocycles. The van der Waals surface area contributed by atoms with Crippen LogP contribution in [0.15, 0.2) is 48.5 Å². The van der Waals surface area contributed by atoms with Crippen LogP contribution in [0.25, 0.3) is 0 Å². The molecule has 8 nitrogen and oxygen atoms in total. The number of hydrogen-bond donors (Lipinski definition) is 2. The van der Waals surface area contributed by atoms with Crippen molar-refractivity contribution >= 4 is 39.4 Å². The van der Waals surface area contributed by atoms with Crippen molar-refractivity contribution in [1.82, 2.24) is 4.98 Å². The van der Waals surface area contributed by atoms with Crippen molar-refractivity contribution in [2.45, 2.75) is 0 Å². The van der Waals surface area contributed by atoms with Crippen LogP contribution in [-0.4, -0.2) is 15.7 Å². The molecule has 1 aromatic heterocycles. The number of nitrogens with two attached hydrogens (primary N) is 1. The summed E-state index contributed by atoms with van der Waals surface area (Å²) in [4.78, 5) is 27.3. The maximum Gasteiger partial charge on any atom is 0.271 e. The Balaban J connectivity index is 1.84. The number of aromatic nitrogens is 1. The van der Waals surface area contributed by atoms with Gasteiger partial charge in [0.05, 0.1) is 16.6 Å². The molecule has 9 heteroatoms. The Bertz CT molecular complexity index is 1040. The van der Waals surface area contributed by atoms with Gasteiger partial charge in [0, 0.05) is 23.4 Å². The number of ketones is 1. The average molecular weight is 365 g/mol. The Morgan fingerprint density at radius 1 is 1.27 bits per heavy atom. The largest absolute Gasteiger partial charge is 0.382 e. The van der Waals surface area contributed by atoms with Gasteiger partial charge in [-0.05, 0) is 30.3 Å². The van der Waals surface area contributed by atoms with E-state index in [1.807, 2.05) is 6.07 Å². The van der Waals surface area contributed by atoms with Crippen LogP contribution in [0.4, 0.5) is 22.3 Å². The van der Waals surface area contributed by atoms with E-state index in [9.17, 15) is 14.9 Å². The lowest BCUT2D eigenvalue weighted by molar-refractivity contribution is -0.384. The van der Waals surface area contributed by atoms with Gasteiger partial charge in [-0.1, -0.05) is 17.4 Å². The van der Waals surface area contributed by atoms with Gasteiger partial charge in [0.2, 0.25) is 5.78 Å².